The van der Waals surface area contributed by atoms with Crippen LogP contribution in [-0.4, -0.2) is 79.8 Å². The molecule has 14 heteroatoms. The molecule has 0 unspecified atom stereocenters. The molecule has 2 saturated carbocycles. The van der Waals surface area contributed by atoms with Crippen LogP contribution < -0.4 is 15.4 Å². The van der Waals surface area contributed by atoms with Crippen LogP contribution in [-0.2, 0) is 25.7 Å². The number of H-pyrrole nitrogens is 2. The van der Waals surface area contributed by atoms with Gasteiger partial charge in [0.15, 0.2) is 0 Å². The van der Waals surface area contributed by atoms with Crippen LogP contribution in [0.15, 0.2) is 72.9 Å². The highest BCUT2D eigenvalue weighted by Gasteiger charge is 2.40. The van der Waals surface area contributed by atoms with E-state index < -0.39 is 18.2 Å². The Balaban J connectivity index is 0.837. The van der Waals surface area contributed by atoms with Crippen molar-refractivity contribution in [1.29, 1.82) is 0 Å². The van der Waals surface area contributed by atoms with Crippen molar-refractivity contribution in [1.82, 2.24) is 40.4 Å². The minimum atomic E-state index is -0.748. The van der Waals surface area contributed by atoms with Gasteiger partial charge in [-0.1, -0.05) is 69.2 Å². The summed E-state index contributed by atoms with van der Waals surface area (Å²) in [5.41, 5.74) is 8.82. The van der Waals surface area contributed by atoms with E-state index in [0.29, 0.717) is 31.4 Å². The lowest BCUT2D eigenvalue weighted by molar-refractivity contribution is -0.138. The van der Waals surface area contributed by atoms with Gasteiger partial charge < -0.3 is 39.9 Å². The predicted molar refractivity (Wildman–Crippen MR) is 254 cm³/mol. The number of fused-ring (bicyclic) bond motifs is 6. The third-order valence-electron chi connectivity index (χ3n) is 14.9. The maximum Gasteiger partial charge on any atom is 0.407 e. The lowest BCUT2D eigenvalue weighted by atomic mass is 9.92. The Bertz CT molecular complexity index is 2910. The second-order valence-electron chi connectivity index (χ2n) is 19.6. The van der Waals surface area contributed by atoms with E-state index in [2.05, 4.69) is 69.1 Å². The highest BCUT2D eigenvalue weighted by molar-refractivity contribution is 6.07. The Hall–Kier alpha value is -6.70. The smallest absolute Gasteiger partial charge is 0.407 e. The fourth-order valence-corrected chi connectivity index (χ4v) is 11.1. The van der Waals surface area contributed by atoms with E-state index in [0.717, 1.165) is 118 Å². The number of aromatic nitrogens is 4. The number of alkyl carbamates (subject to hydrolysis) is 1. The van der Waals surface area contributed by atoms with Crippen LogP contribution in [0, 0.1) is 11.8 Å². The molecule has 5 aliphatic rings. The van der Waals surface area contributed by atoms with Gasteiger partial charge in [-0.15, -0.1) is 0 Å². The summed E-state index contributed by atoms with van der Waals surface area (Å²) in [7, 11) is 1.30. The molecule has 0 bridgehead atoms. The first kappa shape index (κ1) is 42.9. The van der Waals surface area contributed by atoms with Gasteiger partial charge in [0.1, 0.15) is 36.1 Å². The van der Waals surface area contributed by atoms with Crippen molar-refractivity contribution in [2.24, 2.45) is 11.8 Å². The number of carbonyl (C=O) groups excluding carboxylic acids is 4. The lowest BCUT2D eigenvalue weighted by Crippen LogP contribution is -2.51. The van der Waals surface area contributed by atoms with E-state index >= 15 is 0 Å². The third-order valence-corrected chi connectivity index (χ3v) is 14.9. The van der Waals surface area contributed by atoms with Crippen molar-refractivity contribution in [3.8, 4) is 28.1 Å². The van der Waals surface area contributed by atoms with Crippen molar-refractivity contribution in [2.75, 3.05) is 20.2 Å². The van der Waals surface area contributed by atoms with Crippen molar-refractivity contribution in [3.05, 3.63) is 101 Å². The quantitative estimate of drug-likeness (QED) is 0.0995. The van der Waals surface area contributed by atoms with Gasteiger partial charge in [-0.25, -0.2) is 14.8 Å². The van der Waals surface area contributed by atoms with Crippen molar-refractivity contribution in [3.63, 3.8) is 0 Å². The molecule has 4 amide bonds. The molecule has 5 heterocycles. The number of carbonyl (C=O) groups is 4. The molecule has 3 aliphatic heterocycles. The highest BCUT2D eigenvalue weighted by atomic mass is 16.5. The average molecular weight is 903 g/mol. The number of rotatable bonds is 11. The SMILES string of the molecule is COC(=O)N[C@H](C(=O)N1CCC[C@H]1c1ncc(-c2ccc3c(c2)COc2cc4c(ccc5nc([C@@H]6CCCN6C(=O)[C@H](NC(=O)C6CC6)c6cccc(C7CCCC7)c6)[nH]c54)cc2-3)[nH]1)C(C)C. The minimum absolute atomic E-state index is 0.0129. The number of hydrogen-bond acceptors (Lipinski definition) is 8. The summed E-state index contributed by atoms with van der Waals surface area (Å²) < 4.78 is 11.3. The summed E-state index contributed by atoms with van der Waals surface area (Å²) in [5.74, 6) is 2.37. The molecule has 0 radical (unpaired) electrons. The van der Waals surface area contributed by atoms with Crippen LogP contribution in [0.4, 0.5) is 4.79 Å². The third kappa shape index (κ3) is 8.07. The standard InChI is InChI=1S/C53H58N8O6/c1-29(2)45(59-53(65)66-3)51(63)60-21-7-13-42(60)48-54-27-41(56-48)34-17-19-37-36(24-34)28-67-44-26-38-33(25-39(37)44)18-20-40-47(38)57-49(55-40)43-14-8-22-61(43)52(64)46(58-50(62)31-15-16-31)35-12-6-11-32(23-35)30-9-4-5-10-30/h6,11-12,17-20,23-27,29-31,42-43,45-46H,4-5,7-10,13-16,21-22,28H2,1-3H3,(H,54,56)(H,55,57)(H,58,62)(H,59,65)/t42-,43-,45-,46+/m0/s1. The molecule has 2 aromatic heterocycles. The Morgan fingerprint density at radius 2 is 1.57 bits per heavy atom. The molecule has 2 saturated heterocycles. The topological polar surface area (TPSA) is 175 Å². The largest absolute Gasteiger partial charge is 0.488 e. The maximum absolute atomic E-state index is 14.7. The van der Waals surface area contributed by atoms with Crippen molar-refractivity contribution >= 4 is 45.6 Å². The molecule has 11 rings (SSSR count). The Labute approximate surface area is 389 Å². The number of amides is 4. The summed E-state index contributed by atoms with van der Waals surface area (Å²) >= 11 is 0. The summed E-state index contributed by atoms with van der Waals surface area (Å²) in [4.78, 5) is 74.5. The summed E-state index contributed by atoms with van der Waals surface area (Å²) in [6, 6.07) is 21.2. The maximum atomic E-state index is 14.7. The van der Waals surface area contributed by atoms with Crippen molar-refractivity contribution < 1.29 is 28.7 Å². The van der Waals surface area contributed by atoms with Crippen LogP contribution in [0.1, 0.15) is 130 Å². The monoisotopic (exact) mass is 902 g/mol. The summed E-state index contributed by atoms with van der Waals surface area (Å²) in [6.45, 7) is 5.39. The molecular weight excluding hydrogens is 845 g/mol. The van der Waals surface area contributed by atoms with Crippen LogP contribution in [0.25, 0.3) is 44.2 Å². The van der Waals surface area contributed by atoms with E-state index in [1.54, 1.807) is 0 Å². The highest BCUT2D eigenvalue weighted by Crippen LogP contribution is 2.44. The van der Waals surface area contributed by atoms with Crippen molar-refractivity contribution in [2.45, 2.75) is 115 Å². The molecule has 4 N–H and O–H groups in total. The number of imidazole rings is 2. The fourth-order valence-electron chi connectivity index (χ4n) is 11.1. The van der Waals surface area contributed by atoms with Gasteiger partial charge in [-0.3, -0.25) is 14.4 Å². The zero-order valence-electron chi connectivity index (χ0n) is 38.4. The van der Waals surface area contributed by atoms with E-state index in [1.807, 2.05) is 48.0 Å². The average Bonchev–Trinajstić information content (AvgIpc) is 3.99. The molecule has 0 spiro atoms. The molecule has 4 atom stereocenters. The van der Waals surface area contributed by atoms with E-state index in [4.69, 9.17) is 19.4 Å². The van der Waals surface area contributed by atoms with Gasteiger partial charge in [-0.05, 0) is 121 Å². The van der Waals surface area contributed by atoms with Gasteiger partial charge in [-0.2, -0.15) is 0 Å². The van der Waals surface area contributed by atoms with Gasteiger partial charge in [0.25, 0.3) is 0 Å². The Morgan fingerprint density at radius 3 is 2.33 bits per heavy atom. The predicted octanol–water partition coefficient (Wildman–Crippen LogP) is 9.30. The number of nitrogens with one attached hydrogen (secondary N) is 4. The minimum Gasteiger partial charge on any atom is -0.488 e. The van der Waals surface area contributed by atoms with Gasteiger partial charge in [0.05, 0.1) is 42.1 Å². The first-order valence-corrected chi connectivity index (χ1v) is 24.2. The second-order valence-corrected chi connectivity index (χ2v) is 19.6. The van der Waals surface area contributed by atoms with Gasteiger partial charge in [0, 0.05) is 30.0 Å². The Kier molecular flexibility index (Phi) is 11.2. The Morgan fingerprint density at radius 1 is 0.791 bits per heavy atom. The number of methoxy groups -OCH3 is 1. The van der Waals surface area contributed by atoms with E-state index in [-0.39, 0.29) is 41.6 Å². The number of likely N-dealkylation sites (tertiary alicyclic amines) is 2. The van der Waals surface area contributed by atoms with Gasteiger partial charge in [0.2, 0.25) is 17.7 Å². The van der Waals surface area contributed by atoms with Crippen LogP contribution in [0.3, 0.4) is 0 Å². The first-order valence-electron chi connectivity index (χ1n) is 24.2. The number of nitrogens with zero attached hydrogens (tertiary/aromatic N) is 4. The van der Waals surface area contributed by atoms with Crippen LogP contribution in [0.2, 0.25) is 0 Å². The zero-order valence-corrected chi connectivity index (χ0v) is 38.4. The molecular formula is C53H58N8O6. The number of ether oxygens (including phenoxy) is 2. The number of benzene rings is 4. The van der Waals surface area contributed by atoms with Crippen LogP contribution in [0.5, 0.6) is 5.75 Å². The van der Waals surface area contributed by atoms with E-state index in [9.17, 15) is 19.2 Å². The van der Waals surface area contributed by atoms with Gasteiger partial charge >= 0.3 is 6.09 Å². The molecule has 67 heavy (non-hydrogen) atoms. The normalized spacial score (nSPS) is 20.2. The number of aromatic amines is 2. The molecule has 4 fully saturated rings. The molecule has 346 valence electrons. The number of hydrogen-bond donors (Lipinski definition) is 4. The summed E-state index contributed by atoms with van der Waals surface area (Å²) in [5, 5.41) is 7.94. The molecule has 14 nitrogen and oxygen atoms in total. The first-order chi connectivity index (χ1) is 32.6. The molecule has 2 aliphatic carbocycles. The molecule has 6 aromatic rings. The summed E-state index contributed by atoms with van der Waals surface area (Å²) in [6.07, 6.45) is 11.0. The lowest BCUT2D eigenvalue weighted by Gasteiger charge is -2.30. The van der Waals surface area contributed by atoms with Crippen LogP contribution >= 0.6 is 0 Å². The fraction of sp³-hybridized carbons (Fsp3) is 0.434. The molecule has 4 aromatic carbocycles. The second kappa shape index (κ2) is 17.5. The zero-order chi connectivity index (χ0) is 45.9. The van der Waals surface area contributed by atoms with E-state index in [1.165, 1.54) is 25.5 Å².